The summed E-state index contributed by atoms with van der Waals surface area (Å²) in [4.78, 5) is 0. The topological polar surface area (TPSA) is 4.93 Å². The number of aryl methyl sites for hydroxylation is 1. The predicted molar refractivity (Wildman–Crippen MR) is 170 cm³/mol. The van der Waals surface area contributed by atoms with Crippen molar-refractivity contribution < 1.29 is 0 Å². The van der Waals surface area contributed by atoms with E-state index in [0.717, 1.165) is 11.0 Å². The molecular weight excluding hydrogens is 538 g/mol. The second-order valence-corrected chi connectivity index (χ2v) is 11.6. The van der Waals surface area contributed by atoms with Crippen molar-refractivity contribution in [1.29, 1.82) is 0 Å². The van der Waals surface area contributed by atoms with Gasteiger partial charge >= 0.3 is 0 Å². The summed E-state index contributed by atoms with van der Waals surface area (Å²) in [6.45, 7) is 3.33. The van der Waals surface area contributed by atoms with E-state index < -0.39 is 0 Å². The minimum atomic E-state index is 0.181. The number of rotatable bonds is 7. The first kappa shape index (κ1) is 24.4. The number of para-hydroxylation sites is 2. The van der Waals surface area contributed by atoms with Gasteiger partial charge in [-0.3, -0.25) is 0 Å². The lowest BCUT2D eigenvalue weighted by atomic mass is 9.84. The molecule has 0 N–H and O–H groups in total. The molecule has 1 aliphatic carbocycles. The monoisotopic (exact) mass is 569 g/mol. The Labute approximate surface area is 239 Å². The molecule has 0 radical (unpaired) electrons. The maximum atomic E-state index is 3.90. The fourth-order valence-corrected chi connectivity index (χ4v) is 7.30. The Morgan fingerprint density at radius 1 is 0.590 bits per heavy atom. The van der Waals surface area contributed by atoms with Crippen molar-refractivity contribution in [3.05, 3.63) is 130 Å². The van der Waals surface area contributed by atoms with Crippen LogP contribution in [0.2, 0.25) is 0 Å². The van der Waals surface area contributed by atoms with E-state index in [-0.39, 0.29) is 5.92 Å². The standard InChI is InChI=1S/C37H32BrN/c1-2-3-4-11-24-39-34-23-10-8-15-26(34)30-20-13-21-31(37(30)39)29-19-12-18-28-25-14-5-6-16-27(25)36(35(28)29)32-17-7-9-22-33(32)38/h5-10,12-23,36H,2-4,11,24H2,1H3. The van der Waals surface area contributed by atoms with Gasteiger partial charge in [0, 0.05) is 38.8 Å². The molecule has 0 bridgehead atoms. The van der Waals surface area contributed by atoms with Crippen molar-refractivity contribution in [2.45, 2.75) is 45.1 Å². The van der Waals surface area contributed by atoms with Crippen LogP contribution in [-0.4, -0.2) is 4.57 Å². The largest absolute Gasteiger partial charge is 0.340 e. The van der Waals surface area contributed by atoms with E-state index >= 15 is 0 Å². The number of fused-ring (bicyclic) bond motifs is 6. The van der Waals surface area contributed by atoms with Gasteiger partial charge in [-0.25, -0.2) is 0 Å². The zero-order valence-electron chi connectivity index (χ0n) is 22.3. The Bertz CT molecular complexity index is 1830. The fourth-order valence-electron chi connectivity index (χ4n) is 6.78. The van der Waals surface area contributed by atoms with Crippen LogP contribution in [-0.2, 0) is 6.54 Å². The molecule has 7 rings (SSSR count). The van der Waals surface area contributed by atoms with Crippen LogP contribution in [0.3, 0.4) is 0 Å². The number of halogens is 1. The van der Waals surface area contributed by atoms with Crippen LogP contribution in [0, 0.1) is 0 Å². The van der Waals surface area contributed by atoms with Crippen LogP contribution in [0.1, 0.15) is 55.2 Å². The zero-order valence-corrected chi connectivity index (χ0v) is 23.9. The Morgan fingerprint density at radius 3 is 2.08 bits per heavy atom. The number of aromatic nitrogens is 1. The molecule has 1 heterocycles. The second-order valence-electron chi connectivity index (χ2n) is 10.7. The van der Waals surface area contributed by atoms with E-state index in [2.05, 4.69) is 137 Å². The minimum Gasteiger partial charge on any atom is -0.340 e. The summed E-state index contributed by atoms with van der Waals surface area (Å²) in [5.41, 5.74) is 12.2. The molecular formula is C37H32BrN. The third-order valence-electron chi connectivity index (χ3n) is 8.49. The molecule has 1 nitrogen and oxygen atoms in total. The highest BCUT2D eigenvalue weighted by molar-refractivity contribution is 9.10. The number of hydrogen-bond donors (Lipinski definition) is 0. The molecule has 0 saturated heterocycles. The average molecular weight is 571 g/mol. The molecule has 1 aliphatic rings. The van der Waals surface area contributed by atoms with E-state index in [1.54, 1.807) is 0 Å². The Kier molecular flexibility index (Phi) is 6.37. The first-order valence-electron chi connectivity index (χ1n) is 14.2. The van der Waals surface area contributed by atoms with E-state index in [1.165, 1.54) is 86.4 Å². The summed E-state index contributed by atoms with van der Waals surface area (Å²) in [6.07, 6.45) is 5.02. The third kappa shape index (κ3) is 3.96. The van der Waals surface area contributed by atoms with Gasteiger partial charge in [-0.05, 0) is 51.9 Å². The molecule has 0 aliphatic heterocycles. The van der Waals surface area contributed by atoms with Crippen molar-refractivity contribution >= 4 is 37.7 Å². The molecule has 192 valence electrons. The highest BCUT2D eigenvalue weighted by Gasteiger charge is 2.33. The Balaban J connectivity index is 1.51. The van der Waals surface area contributed by atoms with E-state index in [4.69, 9.17) is 0 Å². The first-order chi connectivity index (χ1) is 19.3. The van der Waals surface area contributed by atoms with Gasteiger partial charge in [-0.15, -0.1) is 0 Å². The van der Waals surface area contributed by atoms with Crippen LogP contribution in [0.4, 0.5) is 0 Å². The number of benzene rings is 5. The van der Waals surface area contributed by atoms with Crippen molar-refractivity contribution in [3.63, 3.8) is 0 Å². The lowest BCUT2D eigenvalue weighted by Crippen LogP contribution is -2.03. The molecule has 1 aromatic heterocycles. The van der Waals surface area contributed by atoms with Crippen molar-refractivity contribution in [3.8, 4) is 22.3 Å². The average Bonchev–Trinajstić information content (AvgIpc) is 3.49. The smallest absolute Gasteiger partial charge is 0.0571 e. The summed E-state index contributed by atoms with van der Waals surface area (Å²) in [6, 6.07) is 40.5. The quantitative estimate of drug-likeness (QED) is 0.168. The minimum absolute atomic E-state index is 0.181. The first-order valence-corrected chi connectivity index (χ1v) is 15.0. The molecule has 5 aromatic carbocycles. The second kappa shape index (κ2) is 10.2. The van der Waals surface area contributed by atoms with Gasteiger partial charge in [0.05, 0.1) is 5.52 Å². The molecule has 1 unspecified atom stereocenters. The summed E-state index contributed by atoms with van der Waals surface area (Å²) in [7, 11) is 0. The maximum absolute atomic E-state index is 3.90. The van der Waals surface area contributed by atoms with Crippen LogP contribution in [0.5, 0.6) is 0 Å². The summed E-state index contributed by atoms with van der Waals surface area (Å²) < 4.78 is 3.76. The van der Waals surface area contributed by atoms with E-state index in [0.29, 0.717) is 0 Å². The van der Waals surface area contributed by atoms with Crippen LogP contribution < -0.4 is 0 Å². The molecule has 39 heavy (non-hydrogen) atoms. The van der Waals surface area contributed by atoms with Crippen LogP contribution >= 0.6 is 15.9 Å². The molecule has 6 aromatic rings. The van der Waals surface area contributed by atoms with Gasteiger partial charge in [-0.1, -0.05) is 139 Å². The van der Waals surface area contributed by atoms with E-state index in [1.807, 2.05) is 0 Å². The van der Waals surface area contributed by atoms with Crippen molar-refractivity contribution in [2.24, 2.45) is 0 Å². The summed E-state index contributed by atoms with van der Waals surface area (Å²) in [5, 5.41) is 2.70. The zero-order chi connectivity index (χ0) is 26.3. The molecule has 0 fully saturated rings. The van der Waals surface area contributed by atoms with E-state index in [9.17, 15) is 0 Å². The summed E-state index contributed by atoms with van der Waals surface area (Å²) >= 11 is 3.90. The van der Waals surface area contributed by atoms with Gasteiger partial charge in [-0.2, -0.15) is 0 Å². The predicted octanol–water partition coefficient (Wildman–Crippen LogP) is 11.0. The van der Waals surface area contributed by atoms with Gasteiger partial charge in [0.15, 0.2) is 0 Å². The number of hydrogen-bond acceptors (Lipinski definition) is 0. The third-order valence-corrected chi connectivity index (χ3v) is 9.21. The van der Waals surface area contributed by atoms with Gasteiger partial charge in [0.25, 0.3) is 0 Å². The Morgan fingerprint density at radius 2 is 1.23 bits per heavy atom. The molecule has 0 amide bonds. The highest BCUT2D eigenvalue weighted by atomic mass is 79.9. The van der Waals surface area contributed by atoms with Crippen molar-refractivity contribution in [1.82, 2.24) is 4.57 Å². The molecule has 0 spiro atoms. The lowest BCUT2D eigenvalue weighted by molar-refractivity contribution is 0.602. The fraction of sp³-hybridized carbons (Fsp3) is 0.189. The lowest BCUT2D eigenvalue weighted by Gasteiger charge is -2.20. The van der Waals surface area contributed by atoms with Gasteiger partial charge in [0.1, 0.15) is 0 Å². The molecule has 1 atom stereocenters. The highest BCUT2D eigenvalue weighted by Crippen LogP contribution is 2.53. The van der Waals surface area contributed by atoms with Crippen LogP contribution in [0.15, 0.2) is 114 Å². The maximum Gasteiger partial charge on any atom is 0.0571 e. The summed E-state index contributed by atoms with van der Waals surface area (Å²) in [5.74, 6) is 0.181. The van der Waals surface area contributed by atoms with Gasteiger partial charge < -0.3 is 4.57 Å². The normalized spacial score (nSPS) is 14.2. The van der Waals surface area contributed by atoms with Crippen LogP contribution in [0.25, 0.3) is 44.1 Å². The number of nitrogens with zero attached hydrogens (tertiary/aromatic N) is 1. The SMILES string of the molecule is CCCCCCn1c2ccccc2c2cccc(-c3cccc4c3C(c3ccccc3Br)c3ccccc3-4)c21. The number of unbranched alkanes of at least 4 members (excludes halogenated alkanes) is 3. The molecule has 2 heteroatoms. The van der Waals surface area contributed by atoms with Crippen molar-refractivity contribution in [2.75, 3.05) is 0 Å². The van der Waals surface area contributed by atoms with Gasteiger partial charge in [0.2, 0.25) is 0 Å². The molecule has 0 saturated carbocycles. The Hall–Kier alpha value is -3.62.